The Morgan fingerprint density at radius 2 is 1.73 bits per heavy atom. The monoisotopic (exact) mass is 479 g/mol. The van der Waals surface area contributed by atoms with Crippen molar-refractivity contribution in [3.05, 3.63) is 48.0 Å². The van der Waals surface area contributed by atoms with E-state index in [0.717, 1.165) is 25.0 Å². The molecule has 0 unspecified atom stereocenters. The smallest absolute Gasteiger partial charge is 0.322 e. The molecule has 0 aliphatic heterocycles. The number of amides is 2. The molecule has 0 aliphatic rings. The number of rotatable bonds is 12. The number of anilines is 2. The summed E-state index contributed by atoms with van der Waals surface area (Å²) >= 11 is 0. The van der Waals surface area contributed by atoms with Crippen LogP contribution in [0.3, 0.4) is 0 Å². The Hall–Kier alpha value is -2.98. The van der Waals surface area contributed by atoms with E-state index in [1.165, 1.54) is 12.0 Å². The third-order valence-electron chi connectivity index (χ3n) is 4.98. The van der Waals surface area contributed by atoms with Crippen LogP contribution in [0.1, 0.15) is 19.4 Å². The lowest BCUT2D eigenvalue weighted by molar-refractivity contribution is 0.152. The van der Waals surface area contributed by atoms with Gasteiger partial charge in [-0.3, -0.25) is 0 Å². The third kappa shape index (κ3) is 7.83. The highest BCUT2D eigenvalue weighted by Gasteiger charge is 2.20. The van der Waals surface area contributed by atoms with Gasteiger partial charge in [-0.2, -0.15) is 8.42 Å². The van der Waals surface area contributed by atoms with Gasteiger partial charge in [0.05, 0.1) is 32.2 Å². The number of ether oxygens (including phenoxy) is 2. The second kappa shape index (κ2) is 12.3. The molecule has 0 saturated carbocycles. The predicted molar refractivity (Wildman–Crippen MR) is 130 cm³/mol. The minimum absolute atomic E-state index is 0.119. The van der Waals surface area contributed by atoms with Crippen molar-refractivity contribution in [3.63, 3.8) is 0 Å². The van der Waals surface area contributed by atoms with Crippen molar-refractivity contribution in [1.82, 2.24) is 4.90 Å². The van der Waals surface area contributed by atoms with Crippen molar-refractivity contribution < 1.29 is 26.9 Å². The van der Waals surface area contributed by atoms with E-state index in [4.69, 9.17) is 13.7 Å². The molecule has 0 spiro atoms. The molecular formula is C23H33N3O6S. The van der Waals surface area contributed by atoms with Gasteiger partial charge in [-0.25, -0.2) is 4.79 Å². The summed E-state index contributed by atoms with van der Waals surface area (Å²) in [4.78, 5) is 16.7. The maximum absolute atomic E-state index is 13.1. The van der Waals surface area contributed by atoms with Crippen molar-refractivity contribution in [2.45, 2.75) is 20.4 Å². The van der Waals surface area contributed by atoms with Crippen LogP contribution in [-0.4, -0.2) is 66.1 Å². The first-order valence-electron chi connectivity index (χ1n) is 10.7. The zero-order chi connectivity index (χ0) is 24.4. The largest absolute Gasteiger partial charge is 0.495 e. The SMILES string of the molecule is CCN(CC)c1ccc(CN(CCOC)C(=O)Nc2ccccc2OC)c(OS(C)(=O)=O)c1. The van der Waals surface area contributed by atoms with Crippen molar-refractivity contribution in [1.29, 1.82) is 0 Å². The number of hydrogen-bond donors (Lipinski definition) is 1. The van der Waals surface area contributed by atoms with Crippen LogP contribution >= 0.6 is 0 Å². The number of hydrogen-bond acceptors (Lipinski definition) is 7. The molecule has 10 heteroatoms. The minimum atomic E-state index is -3.76. The molecule has 2 aromatic carbocycles. The summed E-state index contributed by atoms with van der Waals surface area (Å²) in [6.45, 7) is 6.26. The Kier molecular flexibility index (Phi) is 9.80. The molecule has 0 atom stereocenters. The van der Waals surface area contributed by atoms with Crippen LogP contribution in [0.5, 0.6) is 11.5 Å². The molecule has 1 N–H and O–H groups in total. The Morgan fingerprint density at radius 3 is 2.33 bits per heavy atom. The van der Waals surface area contributed by atoms with Gasteiger partial charge in [-0.15, -0.1) is 0 Å². The van der Waals surface area contributed by atoms with E-state index >= 15 is 0 Å². The minimum Gasteiger partial charge on any atom is -0.495 e. The van der Waals surface area contributed by atoms with Crippen molar-refractivity contribution >= 4 is 27.5 Å². The Morgan fingerprint density at radius 1 is 1.03 bits per heavy atom. The zero-order valence-corrected chi connectivity index (χ0v) is 20.6. The fraction of sp³-hybridized carbons (Fsp3) is 0.435. The number of nitrogens with one attached hydrogen (secondary N) is 1. The van der Waals surface area contributed by atoms with Crippen LogP contribution < -0.4 is 19.1 Å². The highest BCUT2D eigenvalue weighted by atomic mass is 32.2. The first-order valence-corrected chi connectivity index (χ1v) is 12.5. The molecule has 9 nitrogen and oxygen atoms in total. The lowest BCUT2D eigenvalue weighted by atomic mass is 10.1. The Balaban J connectivity index is 2.36. The standard InChI is InChI=1S/C23H33N3O6S/c1-6-25(7-2)19-13-12-18(22(16-19)32-33(5,28)29)17-26(14-15-30-3)23(27)24-20-10-8-9-11-21(20)31-4/h8-13,16H,6-7,14-15,17H2,1-5H3,(H,24,27). The van der Waals surface area contributed by atoms with Gasteiger partial charge >= 0.3 is 16.1 Å². The zero-order valence-electron chi connectivity index (χ0n) is 19.8. The molecule has 2 rings (SSSR count). The number of benzene rings is 2. The van der Waals surface area contributed by atoms with Gasteiger partial charge in [0, 0.05) is 44.1 Å². The fourth-order valence-electron chi connectivity index (χ4n) is 3.30. The topological polar surface area (TPSA) is 97.4 Å². The van der Waals surface area contributed by atoms with Crippen LogP contribution in [0, 0.1) is 0 Å². The number of carbonyl (C=O) groups excluding carboxylic acids is 1. The summed E-state index contributed by atoms with van der Waals surface area (Å²) in [6, 6.07) is 12.1. The van der Waals surface area contributed by atoms with Crippen LogP contribution in [-0.2, 0) is 21.4 Å². The summed E-state index contributed by atoms with van der Waals surface area (Å²) in [5, 5.41) is 2.85. The molecule has 0 radical (unpaired) electrons. The summed E-state index contributed by atoms with van der Waals surface area (Å²) < 4.78 is 39.6. The van der Waals surface area contributed by atoms with Crippen molar-refractivity contribution in [2.75, 3.05) is 56.9 Å². The molecule has 0 bridgehead atoms. The van der Waals surface area contributed by atoms with Crippen molar-refractivity contribution in [2.24, 2.45) is 0 Å². The normalized spacial score (nSPS) is 11.1. The average Bonchev–Trinajstić information content (AvgIpc) is 2.78. The van der Waals surface area contributed by atoms with Gasteiger partial charge in [0.15, 0.2) is 0 Å². The quantitative estimate of drug-likeness (QED) is 0.465. The van der Waals surface area contributed by atoms with Gasteiger partial charge in [0.2, 0.25) is 0 Å². The number of nitrogens with zero attached hydrogens (tertiary/aromatic N) is 2. The second-order valence-electron chi connectivity index (χ2n) is 7.30. The van der Waals surface area contributed by atoms with E-state index in [9.17, 15) is 13.2 Å². The van der Waals surface area contributed by atoms with Crippen LogP contribution in [0.4, 0.5) is 16.2 Å². The molecule has 0 aromatic heterocycles. The number of carbonyl (C=O) groups is 1. The summed E-state index contributed by atoms with van der Waals surface area (Å²) in [5.41, 5.74) is 1.92. The van der Waals surface area contributed by atoms with Gasteiger partial charge in [-0.05, 0) is 32.0 Å². The van der Waals surface area contributed by atoms with Crippen molar-refractivity contribution in [3.8, 4) is 11.5 Å². The molecule has 0 saturated heterocycles. The highest BCUT2D eigenvalue weighted by Crippen LogP contribution is 2.29. The van der Waals surface area contributed by atoms with Gasteiger partial charge in [0.25, 0.3) is 0 Å². The van der Waals surface area contributed by atoms with E-state index in [1.807, 2.05) is 26.0 Å². The summed E-state index contributed by atoms with van der Waals surface area (Å²) in [6.07, 6.45) is 0.998. The number of methoxy groups -OCH3 is 2. The van der Waals surface area contributed by atoms with Gasteiger partial charge < -0.3 is 28.8 Å². The third-order valence-corrected chi connectivity index (χ3v) is 5.47. The molecule has 182 valence electrons. The first kappa shape index (κ1) is 26.3. The van der Waals surface area contributed by atoms with Gasteiger partial charge in [0.1, 0.15) is 11.5 Å². The van der Waals surface area contributed by atoms with Gasteiger partial charge in [-0.1, -0.05) is 18.2 Å². The number of urea groups is 1. The highest BCUT2D eigenvalue weighted by molar-refractivity contribution is 7.86. The molecule has 2 amide bonds. The molecule has 0 fully saturated rings. The van der Waals surface area contributed by atoms with E-state index in [0.29, 0.717) is 23.6 Å². The molecule has 2 aromatic rings. The molecular weight excluding hydrogens is 446 g/mol. The van der Waals surface area contributed by atoms with Crippen LogP contribution in [0.25, 0.3) is 0 Å². The Labute approximate surface area is 196 Å². The second-order valence-corrected chi connectivity index (χ2v) is 8.87. The lowest BCUT2D eigenvalue weighted by Gasteiger charge is -2.26. The lowest BCUT2D eigenvalue weighted by Crippen LogP contribution is -2.37. The Bertz CT molecular complexity index is 1020. The summed E-state index contributed by atoms with van der Waals surface area (Å²) in [5.74, 6) is 0.719. The fourth-order valence-corrected chi connectivity index (χ4v) is 3.78. The van der Waals surface area contributed by atoms with Crippen LogP contribution in [0.15, 0.2) is 42.5 Å². The molecule has 0 aliphatic carbocycles. The maximum atomic E-state index is 13.1. The van der Waals surface area contributed by atoms with Crippen LogP contribution in [0.2, 0.25) is 0 Å². The molecule has 33 heavy (non-hydrogen) atoms. The molecule has 0 heterocycles. The van der Waals surface area contributed by atoms with E-state index in [-0.39, 0.29) is 24.9 Å². The predicted octanol–water partition coefficient (Wildman–Crippen LogP) is 3.56. The average molecular weight is 480 g/mol. The van der Waals surface area contributed by atoms with E-state index < -0.39 is 10.1 Å². The van der Waals surface area contributed by atoms with E-state index in [1.54, 1.807) is 37.4 Å². The van der Waals surface area contributed by atoms with E-state index in [2.05, 4.69) is 10.2 Å². The number of para-hydroxylation sites is 2. The first-order chi connectivity index (χ1) is 15.7. The maximum Gasteiger partial charge on any atom is 0.322 e. The summed E-state index contributed by atoms with van der Waals surface area (Å²) in [7, 11) is -0.688.